The van der Waals surface area contributed by atoms with E-state index in [2.05, 4.69) is 22.0 Å². The first kappa shape index (κ1) is 17.3. The van der Waals surface area contributed by atoms with Gasteiger partial charge < -0.3 is 10.1 Å². The monoisotopic (exact) mass is 350 g/mol. The van der Waals surface area contributed by atoms with Gasteiger partial charge in [0.2, 0.25) is 0 Å². The molecule has 3 rings (SSSR count). The highest BCUT2D eigenvalue weighted by atomic mass is 16.5. The van der Waals surface area contributed by atoms with Crippen LogP contribution in [0.4, 0.5) is 5.69 Å². The number of para-hydroxylation sites is 2. The summed E-state index contributed by atoms with van der Waals surface area (Å²) >= 11 is 0. The van der Waals surface area contributed by atoms with Crippen molar-refractivity contribution in [3.63, 3.8) is 0 Å². The molecule has 0 spiro atoms. The summed E-state index contributed by atoms with van der Waals surface area (Å²) in [5.74, 6) is 0.0401. The van der Waals surface area contributed by atoms with E-state index in [1.807, 2.05) is 6.07 Å². The number of benzene rings is 1. The molecule has 1 N–H and O–H groups in total. The molecule has 2 aromatic heterocycles. The third-order valence-electron chi connectivity index (χ3n) is 3.83. The maximum atomic E-state index is 12.6. The number of rotatable bonds is 6. The van der Waals surface area contributed by atoms with Gasteiger partial charge in [0.15, 0.2) is 17.1 Å². The van der Waals surface area contributed by atoms with Gasteiger partial charge in [0.05, 0.1) is 16.9 Å². The lowest BCUT2D eigenvalue weighted by Crippen LogP contribution is -2.14. The van der Waals surface area contributed by atoms with Crippen LogP contribution in [-0.2, 0) is 0 Å². The number of nitrogens with one attached hydrogen (secondary N) is 1. The molecule has 0 unspecified atom stereocenters. The first-order valence-electron chi connectivity index (χ1n) is 8.01. The lowest BCUT2D eigenvalue weighted by Gasteiger charge is -2.10. The Kier molecular flexibility index (Phi) is 4.79. The topological polar surface area (TPSA) is 85.6 Å². The van der Waals surface area contributed by atoms with Gasteiger partial charge in [-0.15, -0.1) is 0 Å². The fourth-order valence-corrected chi connectivity index (χ4v) is 2.54. The number of hydrogen-bond donors (Lipinski definition) is 1. The molecule has 0 saturated carbocycles. The van der Waals surface area contributed by atoms with Crippen molar-refractivity contribution in [2.45, 2.75) is 13.8 Å². The second kappa shape index (κ2) is 7.18. The van der Waals surface area contributed by atoms with Gasteiger partial charge in [-0.1, -0.05) is 24.8 Å². The molecule has 0 fully saturated rings. The van der Waals surface area contributed by atoms with Gasteiger partial charge in [0, 0.05) is 12.3 Å². The summed E-state index contributed by atoms with van der Waals surface area (Å²) in [5, 5.41) is 7.06. The summed E-state index contributed by atoms with van der Waals surface area (Å²) in [7, 11) is 0. The van der Waals surface area contributed by atoms with Crippen molar-refractivity contribution in [3.8, 4) is 5.75 Å². The van der Waals surface area contributed by atoms with Crippen LogP contribution in [0, 0.1) is 6.92 Å². The molecule has 0 bridgehead atoms. The highest BCUT2D eigenvalue weighted by Crippen LogP contribution is 2.24. The molecule has 132 valence electrons. The maximum absolute atomic E-state index is 12.6. The predicted octanol–water partition coefficient (Wildman–Crippen LogP) is 3.06. The molecule has 7 nitrogen and oxygen atoms in total. The van der Waals surface area contributed by atoms with Crippen molar-refractivity contribution >= 4 is 23.0 Å². The summed E-state index contributed by atoms with van der Waals surface area (Å²) in [6.07, 6.45) is 3.12. The minimum absolute atomic E-state index is 0.105. The Bertz CT molecular complexity index is 1010. The van der Waals surface area contributed by atoms with Crippen molar-refractivity contribution in [2.24, 2.45) is 0 Å². The van der Waals surface area contributed by atoms with Gasteiger partial charge in [0.1, 0.15) is 12.4 Å². The summed E-state index contributed by atoms with van der Waals surface area (Å²) in [6.45, 7) is 7.17. The zero-order valence-corrected chi connectivity index (χ0v) is 14.5. The molecular formula is C19H18N4O3. The average molecular weight is 350 g/mol. The van der Waals surface area contributed by atoms with Crippen LogP contribution in [0.15, 0.2) is 49.2 Å². The zero-order chi connectivity index (χ0) is 18.7. The van der Waals surface area contributed by atoms with E-state index in [-0.39, 0.29) is 11.5 Å². The fourth-order valence-electron chi connectivity index (χ4n) is 2.54. The van der Waals surface area contributed by atoms with E-state index in [1.165, 1.54) is 17.6 Å². The van der Waals surface area contributed by atoms with Crippen LogP contribution < -0.4 is 10.1 Å². The Morgan fingerprint density at radius 3 is 2.85 bits per heavy atom. The van der Waals surface area contributed by atoms with E-state index in [0.29, 0.717) is 34.9 Å². The second-order valence-corrected chi connectivity index (χ2v) is 5.66. The molecule has 0 atom stereocenters. The SMILES string of the molecule is C=CCOc1ccccc1NC(=O)c1cc2ncc(C(C)=O)c(C)n2n1. The summed E-state index contributed by atoms with van der Waals surface area (Å²) in [4.78, 5) is 28.4. The van der Waals surface area contributed by atoms with Crippen molar-refractivity contribution < 1.29 is 14.3 Å². The molecule has 1 aromatic carbocycles. The molecule has 7 heteroatoms. The summed E-state index contributed by atoms with van der Waals surface area (Å²) in [5.41, 5.74) is 2.33. The Morgan fingerprint density at radius 1 is 1.35 bits per heavy atom. The minimum Gasteiger partial charge on any atom is -0.487 e. The first-order valence-corrected chi connectivity index (χ1v) is 8.01. The van der Waals surface area contributed by atoms with Crippen LogP contribution in [-0.4, -0.2) is 32.9 Å². The van der Waals surface area contributed by atoms with Crippen LogP contribution in [0.25, 0.3) is 5.65 Å². The number of carbonyl (C=O) groups is 2. The normalized spacial score (nSPS) is 10.5. The number of amides is 1. The van der Waals surface area contributed by atoms with Crippen LogP contribution in [0.5, 0.6) is 5.75 Å². The third-order valence-corrected chi connectivity index (χ3v) is 3.83. The first-order chi connectivity index (χ1) is 12.5. The average Bonchev–Trinajstić information content (AvgIpc) is 3.06. The molecule has 3 aromatic rings. The summed E-state index contributed by atoms with van der Waals surface area (Å²) < 4.78 is 7.03. The smallest absolute Gasteiger partial charge is 0.276 e. The number of ether oxygens (including phenoxy) is 1. The highest BCUT2D eigenvalue weighted by molar-refractivity contribution is 6.04. The van der Waals surface area contributed by atoms with E-state index < -0.39 is 5.91 Å². The van der Waals surface area contributed by atoms with Crippen molar-refractivity contribution in [3.05, 3.63) is 66.1 Å². The summed E-state index contributed by atoms with van der Waals surface area (Å²) in [6, 6.07) is 8.68. The number of aryl methyl sites for hydroxylation is 1. The van der Waals surface area contributed by atoms with Gasteiger partial charge in [-0.05, 0) is 26.0 Å². The number of ketones is 1. The molecule has 0 aliphatic carbocycles. The van der Waals surface area contributed by atoms with E-state index in [4.69, 9.17) is 4.74 Å². The number of hydrogen-bond acceptors (Lipinski definition) is 5. The Morgan fingerprint density at radius 2 is 2.12 bits per heavy atom. The standard InChI is InChI=1S/C19H18N4O3/c1-4-9-26-17-8-6-5-7-15(17)21-19(25)16-10-18-20-11-14(13(3)24)12(2)23(18)22-16/h4-8,10-11H,1,9H2,2-3H3,(H,21,25). The van der Waals surface area contributed by atoms with Gasteiger partial charge >= 0.3 is 0 Å². The van der Waals surface area contributed by atoms with E-state index >= 15 is 0 Å². The molecule has 0 aliphatic heterocycles. The van der Waals surface area contributed by atoms with E-state index in [9.17, 15) is 9.59 Å². The molecular weight excluding hydrogens is 332 g/mol. The number of fused-ring (bicyclic) bond motifs is 1. The second-order valence-electron chi connectivity index (χ2n) is 5.66. The minimum atomic E-state index is -0.395. The maximum Gasteiger partial charge on any atom is 0.276 e. The Hall–Kier alpha value is -3.48. The quantitative estimate of drug-likeness (QED) is 0.545. The highest BCUT2D eigenvalue weighted by Gasteiger charge is 2.16. The van der Waals surface area contributed by atoms with Crippen LogP contribution >= 0.6 is 0 Å². The molecule has 0 aliphatic rings. The predicted molar refractivity (Wildman–Crippen MR) is 97.8 cm³/mol. The Balaban J connectivity index is 1.90. The van der Waals surface area contributed by atoms with Gasteiger partial charge in [0.25, 0.3) is 5.91 Å². The zero-order valence-electron chi connectivity index (χ0n) is 14.5. The van der Waals surface area contributed by atoms with Gasteiger partial charge in [-0.3, -0.25) is 9.59 Å². The molecule has 26 heavy (non-hydrogen) atoms. The van der Waals surface area contributed by atoms with Gasteiger partial charge in [-0.25, -0.2) is 9.50 Å². The van der Waals surface area contributed by atoms with Crippen LogP contribution in [0.2, 0.25) is 0 Å². The number of Topliss-reactive ketones (excluding diaryl/α,β-unsaturated/α-hetero) is 1. The lowest BCUT2D eigenvalue weighted by molar-refractivity contribution is 0.101. The third kappa shape index (κ3) is 3.32. The molecule has 0 saturated heterocycles. The van der Waals surface area contributed by atoms with Crippen molar-refractivity contribution in [1.29, 1.82) is 0 Å². The number of anilines is 1. The molecule has 2 heterocycles. The number of carbonyl (C=O) groups excluding carboxylic acids is 2. The largest absolute Gasteiger partial charge is 0.487 e. The van der Waals surface area contributed by atoms with Crippen molar-refractivity contribution in [2.75, 3.05) is 11.9 Å². The molecule has 1 amide bonds. The Labute approximate surface area is 150 Å². The lowest BCUT2D eigenvalue weighted by atomic mass is 10.2. The van der Waals surface area contributed by atoms with Crippen LogP contribution in [0.1, 0.15) is 33.5 Å². The number of nitrogens with zero attached hydrogens (tertiary/aromatic N) is 3. The van der Waals surface area contributed by atoms with Crippen LogP contribution in [0.3, 0.4) is 0 Å². The van der Waals surface area contributed by atoms with Crippen molar-refractivity contribution in [1.82, 2.24) is 14.6 Å². The van der Waals surface area contributed by atoms with E-state index in [1.54, 1.807) is 37.3 Å². The van der Waals surface area contributed by atoms with Gasteiger partial charge in [-0.2, -0.15) is 5.10 Å². The fraction of sp³-hybridized carbons (Fsp3) is 0.158. The van der Waals surface area contributed by atoms with E-state index in [0.717, 1.165) is 0 Å². The number of aromatic nitrogens is 3. The molecule has 0 radical (unpaired) electrons.